The Balaban J connectivity index is 1.28. The lowest BCUT2D eigenvalue weighted by Crippen LogP contribution is -2.61. The normalized spacial score (nSPS) is 35.9. The molecule has 47 heavy (non-hydrogen) atoms. The van der Waals surface area contributed by atoms with Crippen LogP contribution in [0.5, 0.6) is 5.75 Å². The molecule has 1 aromatic carbocycles. The number of carbonyl (C=O) groups excluding carboxylic acids is 3. The van der Waals surface area contributed by atoms with Gasteiger partial charge < -0.3 is 49.2 Å². The van der Waals surface area contributed by atoms with Crippen LogP contribution in [-0.4, -0.2) is 105 Å². The first-order valence-corrected chi connectivity index (χ1v) is 15.6. The van der Waals surface area contributed by atoms with E-state index in [0.717, 1.165) is 0 Å². The Hall–Kier alpha value is -3.59. The number of carbonyl (C=O) groups is 3. The minimum atomic E-state index is -1.68. The third kappa shape index (κ3) is 6.87. The smallest absolute Gasteiger partial charge is 0.335 e. The summed E-state index contributed by atoms with van der Waals surface area (Å²) in [7, 11) is 0. The van der Waals surface area contributed by atoms with Crippen LogP contribution >= 0.6 is 0 Å². The standard InChI is InChI=1S/C34H42O13/c1-14(2)27(38)33(42)43-22-10-15(3)20-12-21(16(4)25(20)31-26(22)17(5)32(41)47-31)44-34-29(40)28(39)30(23(13-35)45-34)46-24(37)11-18-6-8-19(36)9-7-18/h6-9,14,20-23,25-31,34-36,38-40H,3-5,10-13H2,1-2H3/t20?,21?,22?,23-,25?,26?,27?,28-,29-,30-,31?,34-/m1/s1. The van der Waals surface area contributed by atoms with Gasteiger partial charge in [-0.05, 0) is 41.5 Å². The fourth-order valence-electron chi connectivity index (χ4n) is 6.93. The predicted molar refractivity (Wildman–Crippen MR) is 162 cm³/mol. The van der Waals surface area contributed by atoms with Crippen molar-refractivity contribution in [2.75, 3.05) is 6.61 Å². The lowest BCUT2D eigenvalue weighted by atomic mass is 9.81. The Morgan fingerprint density at radius 2 is 1.72 bits per heavy atom. The highest BCUT2D eigenvalue weighted by atomic mass is 16.7. The van der Waals surface area contributed by atoms with Crippen LogP contribution in [0.3, 0.4) is 0 Å². The Bertz CT molecular complexity index is 1400. The number of phenols is 1. The number of aliphatic hydroxyl groups excluding tert-OH is 4. The molecule has 12 atom stereocenters. The molecular formula is C34H42O13. The number of esters is 3. The van der Waals surface area contributed by atoms with Gasteiger partial charge in [0.15, 0.2) is 18.5 Å². The molecule has 0 spiro atoms. The van der Waals surface area contributed by atoms with E-state index in [0.29, 0.717) is 16.7 Å². The number of fused-ring (bicyclic) bond motifs is 3. The predicted octanol–water partition coefficient (Wildman–Crippen LogP) is 0.849. The molecule has 5 N–H and O–H groups in total. The van der Waals surface area contributed by atoms with Crippen LogP contribution in [0.4, 0.5) is 0 Å². The molecule has 4 fully saturated rings. The summed E-state index contributed by atoms with van der Waals surface area (Å²) >= 11 is 0. The molecule has 13 nitrogen and oxygen atoms in total. The van der Waals surface area contributed by atoms with Crippen LogP contribution in [0.25, 0.3) is 0 Å². The Morgan fingerprint density at radius 1 is 1.04 bits per heavy atom. The number of hydrogen-bond acceptors (Lipinski definition) is 13. The van der Waals surface area contributed by atoms with Gasteiger partial charge in [0.1, 0.15) is 36.3 Å². The molecule has 0 bridgehead atoms. The molecule has 4 aliphatic rings. The van der Waals surface area contributed by atoms with Crippen LogP contribution in [0.2, 0.25) is 0 Å². The molecule has 0 aromatic heterocycles. The van der Waals surface area contributed by atoms with Crippen LogP contribution in [0, 0.1) is 23.7 Å². The molecule has 0 amide bonds. The maximum absolute atomic E-state index is 12.7. The van der Waals surface area contributed by atoms with Gasteiger partial charge in [0.05, 0.1) is 25.0 Å². The van der Waals surface area contributed by atoms with E-state index in [-0.39, 0.29) is 42.4 Å². The zero-order valence-corrected chi connectivity index (χ0v) is 26.3. The topological polar surface area (TPSA) is 199 Å². The first-order chi connectivity index (χ1) is 22.2. The highest BCUT2D eigenvalue weighted by Gasteiger charge is 2.58. The Morgan fingerprint density at radius 3 is 2.36 bits per heavy atom. The minimum absolute atomic E-state index is 0.0267. The highest BCUT2D eigenvalue weighted by molar-refractivity contribution is 5.91. The van der Waals surface area contributed by atoms with E-state index in [1.165, 1.54) is 24.3 Å². The van der Waals surface area contributed by atoms with Gasteiger partial charge in [-0.25, -0.2) is 9.59 Å². The maximum Gasteiger partial charge on any atom is 0.335 e. The Kier molecular flexibility index (Phi) is 10.3. The molecule has 2 saturated heterocycles. The zero-order chi connectivity index (χ0) is 34.3. The number of benzene rings is 1. The van der Waals surface area contributed by atoms with E-state index in [4.69, 9.17) is 23.7 Å². The molecular weight excluding hydrogens is 616 g/mol. The molecule has 5 rings (SSSR count). The monoisotopic (exact) mass is 658 g/mol. The summed E-state index contributed by atoms with van der Waals surface area (Å²) in [5, 5.41) is 51.7. The first-order valence-electron chi connectivity index (χ1n) is 15.6. The van der Waals surface area contributed by atoms with Crippen LogP contribution < -0.4 is 0 Å². The lowest BCUT2D eigenvalue weighted by molar-refractivity contribution is -0.310. The fraction of sp³-hybridized carbons (Fsp3) is 0.559. The number of ether oxygens (including phenoxy) is 5. The summed E-state index contributed by atoms with van der Waals surface area (Å²) in [6.45, 7) is 15.0. The quantitative estimate of drug-likeness (QED) is 0.108. The van der Waals surface area contributed by atoms with E-state index in [2.05, 4.69) is 19.7 Å². The summed E-state index contributed by atoms with van der Waals surface area (Å²) in [6, 6.07) is 5.88. The molecule has 7 unspecified atom stereocenters. The summed E-state index contributed by atoms with van der Waals surface area (Å²) in [5.74, 6) is -4.16. The second kappa shape index (κ2) is 13.9. The van der Waals surface area contributed by atoms with Crippen molar-refractivity contribution in [3.63, 3.8) is 0 Å². The molecule has 1 aromatic rings. The number of phenolic OH excluding ortho intramolecular Hbond substituents is 1. The van der Waals surface area contributed by atoms with E-state index >= 15 is 0 Å². The van der Waals surface area contributed by atoms with Crippen LogP contribution in [0.15, 0.2) is 60.7 Å². The van der Waals surface area contributed by atoms with Crippen molar-refractivity contribution in [3.05, 3.63) is 66.3 Å². The second-order valence-electron chi connectivity index (χ2n) is 13.0. The van der Waals surface area contributed by atoms with Crippen molar-refractivity contribution in [2.45, 2.75) is 88.2 Å². The van der Waals surface area contributed by atoms with Crippen molar-refractivity contribution in [3.8, 4) is 5.75 Å². The van der Waals surface area contributed by atoms with Crippen LogP contribution in [-0.2, 0) is 44.5 Å². The lowest BCUT2D eigenvalue weighted by Gasteiger charge is -2.42. The van der Waals surface area contributed by atoms with Crippen molar-refractivity contribution in [2.24, 2.45) is 23.7 Å². The number of aliphatic hydroxyl groups is 4. The molecule has 2 heterocycles. The molecule has 256 valence electrons. The molecule has 2 aliphatic heterocycles. The van der Waals surface area contributed by atoms with E-state index in [1.807, 2.05) is 0 Å². The van der Waals surface area contributed by atoms with Gasteiger partial charge in [-0.15, -0.1) is 0 Å². The zero-order valence-electron chi connectivity index (χ0n) is 26.3. The average Bonchev–Trinajstić information content (AvgIpc) is 3.47. The van der Waals surface area contributed by atoms with Gasteiger partial charge >= 0.3 is 17.9 Å². The van der Waals surface area contributed by atoms with Crippen molar-refractivity contribution >= 4 is 17.9 Å². The van der Waals surface area contributed by atoms with Gasteiger partial charge in [-0.2, -0.15) is 0 Å². The molecule has 0 radical (unpaired) electrons. The van der Waals surface area contributed by atoms with Crippen molar-refractivity contribution in [1.82, 2.24) is 0 Å². The molecule has 13 heteroatoms. The minimum Gasteiger partial charge on any atom is -0.508 e. The van der Waals surface area contributed by atoms with E-state index in [9.17, 15) is 39.9 Å². The molecule has 2 saturated carbocycles. The van der Waals surface area contributed by atoms with Gasteiger partial charge in [0.2, 0.25) is 0 Å². The summed E-state index contributed by atoms with van der Waals surface area (Å²) in [4.78, 5) is 38.1. The Labute approximate surface area is 272 Å². The van der Waals surface area contributed by atoms with Crippen LogP contribution in [0.1, 0.15) is 32.3 Å². The number of rotatable bonds is 9. The summed E-state index contributed by atoms with van der Waals surface area (Å²) in [6.07, 6.45) is -11.0. The van der Waals surface area contributed by atoms with Crippen molar-refractivity contribution in [1.29, 1.82) is 0 Å². The van der Waals surface area contributed by atoms with Gasteiger partial charge in [0, 0.05) is 17.9 Å². The van der Waals surface area contributed by atoms with E-state index < -0.39 is 91.5 Å². The fourth-order valence-corrected chi connectivity index (χ4v) is 6.93. The SMILES string of the molecule is C=C1CC(OC(=O)C(O)C(C)C)C2C(=C)C(=O)OC2C2C(=C)C(O[C@@H]3O[C@H](CO)[C@@H](OC(=O)Cc4ccc(O)cc4)[C@H](O)[C@H]3O)CC12. The van der Waals surface area contributed by atoms with E-state index in [1.54, 1.807) is 13.8 Å². The third-order valence-corrected chi connectivity index (χ3v) is 9.56. The highest BCUT2D eigenvalue weighted by Crippen LogP contribution is 2.53. The van der Waals surface area contributed by atoms with Crippen molar-refractivity contribution < 1.29 is 63.6 Å². The summed E-state index contributed by atoms with van der Waals surface area (Å²) < 4.78 is 28.8. The van der Waals surface area contributed by atoms with Gasteiger partial charge in [0.25, 0.3) is 0 Å². The maximum atomic E-state index is 12.7. The van der Waals surface area contributed by atoms with Gasteiger partial charge in [-0.1, -0.05) is 51.3 Å². The number of hydrogen-bond donors (Lipinski definition) is 5. The number of aromatic hydroxyl groups is 1. The summed E-state index contributed by atoms with van der Waals surface area (Å²) in [5.41, 5.74) is 1.84. The third-order valence-electron chi connectivity index (χ3n) is 9.56. The average molecular weight is 659 g/mol. The first kappa shape index (κ1) is 34.7. The molecule has 2 aliphatic carbocycles. The second-order valence-corrected chi connectivity index (χ2v) is 13.0. The largest absolute Gasteiger partial charge is 0.508 e. The van der Waals surface area contributed by atoms with Gasteiger partial charge in [-0.3, -0.25) is 4.79 Å².